The van der Waals surface area contributed by atoms with Crippen molar-refractivity contribution in [3.63, 3.8) is 0 Å². The molecule has 0 radical (unpaired) electrons. The Morgan fingerprint density at radius 3 is 2.88 bits per heavy atom. The average molecular weight is 273 g/mol. The summed E-state index contributed by atoms with van der Waals surface area (Å²) in [5.74, 6) is -0.405. The van der Waals surface area contributed by atoms with E-state index in [9.17, 15) is 9.18 Å². The molecular formula is C11H7Cl2FN2O. The summed E-state index contributed by atoms with van der Waals surface area (Å²) in [6, 6.07) is 3.98. The van der Waals surface area contributed by atoms with Crippen LogP contribution in [0.1, 0.15) is 5.56 Å². The lowest BCUT2D eigenvalue weighted by atomic mass is 10.2. The summed E-state index contributed by atoms with van der Waals surface area (Å²) in [4.78, 5) is 15.2. The molecule has 3 nitrogen and oxygen atoms in total. The van der Waals surface area contributed by atoms with Crippen LogP contribution in [0, 0.1) is 5.82 Å². The van der Waals surface area contributed by atoms with Crippen LogP contribution in [0.5, 0.6) is 0 Å². The summed E-state index contributed by atoms with van der Waals surface area (Å²) < 4.78 is 14.4. The summed E-state index contributed by atoms with van der Waals surface area (Å²) in [6.07, 6.45) is 2.87. The lowest BCUT2D eigenvalue weighted by Crippen LogP contribution is -2.21. The molecule has 1 heterocycles. The van der Waals surface area contributed by atoms with E-state index in [1.165, 1.54) is 35.2 Å². The molecule has 0 unspecified atom stereocenters. The first kappa shape index (κ1) is 12.1. The van der Waals surface area contributed by atoms with Crippen molar-refractivity contribution in [3.8, 4) is 0 Å². The van der Waals surface area contributed by atoms with Gasteiger partial charge in [0, 0.05) is 17.4 Å². The van der Waals surface area contributed by atoms with Crippen molar-refractivity contribution in [2.45, 2.75) is 6.54 Å². The highest BCUT2D eigenvalue weighted by molar-refractivity contribution is 6.31. The first-order chi connectivity index (χ1) is 8.08. The second-order valence-corrected chi connectivity index (χ2v) is 4.15. The number of nitrogens with zero attached hydrogens (tertiary/aromatic N) is 2. The van der Waals surface area contributed by atoms with Crippen molar-refractivity contribution in [3.05, 3.63) is 62.5 Å². The summed E-state index contributed by atoms with van der Waals surface area (Å²) in [6.45, 7) is 0.150. The van der Waals surface area contributed by atoms with Crippen molar-refractivity contribution >= 4 is 23.2 Å². The van der Waals surface area contributed by atoms with Crippen molar-refractivity contribution < 1.29 is 4.39 Å². The topological polar surface area (TPSA) is 34.9 Å². The minimum atomic E-state index is -0.436. The highest BCUT2D eigenvalue weighted by Gasteiger charge is 2.06. The molecule has 6 heteroatoms. The normalized spacial score (nSPS) is 10.5. The largest absolute Gasteiger partial charge is 0.307 e. The Kier molecular flexibility index (Phi) is 3.45. The molecular weight excluding hydrogens is 266 g/mol. The van der Waals surface area contributed by atoms with Crippen molar-refractivity contribution in [1.29, 1.82) is 0 Å². The van der Waals surface area contributed by atoms with E-state index >= 15 is 0 Å². The molecule has 2 aromatic rings. The molecule has 0 bridgehead atoms. The van der Waals surface area contributed by atoms with Crippen LogP contribution < -0.4 is 5.56 Å². The standard InChI is InChI=1S/C11H7Cl2FN2O/c12-9-2-1-8(14)5-7(9)6-16-4-3-15-10(13)11(16)17/h1-5H,6H2. The summed E-state index contributed by atoms with van der Waals surface area (Å²) in [5.41, 5.74) is 0.0746. The summed E-state index contributed by atoms with van der Waals surface area (Å²) >= 11 is 11.5. The van der Waals surface area contributed by atoms with Gasteiger partial charge in [-0.1, -0.05) is 23.2 Å². The van der Waals surface area contributed by atoms with Crippen LogP contribution in [0.3, 0.4) is 0 Å². The maximum absolute atomic E-state index is 13.0. The smallest absolute Gasteiger partial charge is 0.288 e. The fourth-order valence-electron chi connectivity index (χ4n) is 1.39. The van der Waals surface area contributed by atoms with Crippen LogP contribution >= 0.6 is 23.2 Å². The van der Waals surface area contributed by atoms with Gasteiger partial charge in [-0.15, -0.1) is 0 Å². The summed E-state index contributed by atoms with van der Waals surface area (Å²) in [7, 11) is 0. The Bertz CT molecular complexity index is 613. The van der Waals surface area contributed by atoms with Gasteiger partial charge in [-0.25, -0.2) is 9.37 Å². The molecule has 0 aliphatic heterocycles. The molecule has 0 fully saturated rings. The SMILES string of the molecule is O=c1c(Cl)nccn1Cc1cc(F)ccc1Cl. The zero-order valence-electron chi connectivity index (χ0n) is 8.53. The molecule has 0 spiro atoms. The van der Waals surface area contributed by atoms with Gasteiger partial charge in [0.25, 0.3) is 5.56 Å². The van der Waals surface area contributed by atoms with Crippen LogP contribution in [0.4, 0.5) is 4.39 Å². The summed E-state index contributed by atoms with van der Waals surface area (Å²) in [5, 5.41) is 0.270. The monoisotopic (exact) mass is 272 g/mol. The van der Waals surface area contributed by atoms with E-state index in [0.29, 0.717) is 10.6 Å². The molecule has 17 heavy (non-hydrogen) atoms. The molecule has 88 valence electrons. The fraction of sp³-hybridized carbons (Fsp3) is 0.0909. The molecule has 0 N–H and O–H groups in total. The molecule has 0 aliphatic carbocycles. The number of hydrogen-bond donors (Lipinski definition) is 0. The Labute approximate surface area is 106 Å². The minimum Gasteiger partial charge on any atom is -0.307 e. The minimum absolute atomic E-state index is 0.125. The second kappa shape index (κ2) is 4.85. The molecule has 0 amide bonds. The first-order valence-corrected chi connectivity index (χ1v) is 5.48. The van der Waals surface area contributed by atoms with Gasteiger partial charge in [0.2, 0.25) is 0 Å². The lowest BCUT2D eigenvalue weighted by molar-refractivity contribution is 0.622. The molecule has 0 saturated carbocycles. The van der Waals surface area contributed by atoms with Gasteiger partial charge in [-0.3, -0.25) is 4.79 Å². The van der Waals surface area contributed by atoms with Crippen molar-refractivity contribution in [2.75, 3.05) is 0 Å². The van der Waals surface area contributed by atoms with Gasteiger partial charge >= 0.3 is 0 Å². The number of rotatable bonds is 2. The predicted octanol–water partition coefficient (Wildman–Crippen LogP) is 2.74. The number of hydrogen-bond acceptors (Lipinski definition) is 2. The Balaban J connectivity index is 2.41. The molecule has 1 aromatic heterocycles. The first-order valence-electron chi connectivity index (χ1n) is 4.73. The zero-order valence-corrected chi connectivity index (χ0v) is 10.0. The van der Waals surface area contributed by atoms with Crippen LogP contribution in [0.15, 0.2) is 35.4 Å². The molecule has 2 rings (SSSR count). The third kappa shape index (κ3) is 2.65. The van der Waals surface area contributed by atoms with Gasteiger partial charge < -0.3 is 4.57 Å². The highest BCUT2D eigenvalue weighted by atomic mass is 35.5. The molecule has 0 atom stereocenters. The fourth-order valence-corrected chi connectivity index (χ4v) is 1.74. The predicted molar refractivity (Wildman–Crippen MR) is 64.0 cm³/mol. The third-order valence-corrected chi connectivity index (χ3v) is 2.85. The average Bonchev–Trinajstić information content (AvgIpc) is 2.30. The molecule has 0 aliphatic rings. The van der Waals surface area contributed by atoms with Crippen molar-refractivity contribution in [2.24, 2.45) is 0 Å². The third-order valence-electron chi connectivity index (χ3n) is 2.22. The Morgan fingerprint density at radius 1 is 1.35 bits per heavy atom. The van der Waals surface area contributed by atoms with Crippen LogP contribution in [-0.4, -0.2) is 9.55 Å². The van der Waals surface area contributed by atoms with E-state index < -0.39 is 11.4 Å². The van der Waals surface area contributed by atoms with Gasteiger partial charge in [-0.05, 0) is 23.8 Å². The van der Waals surface area contributed by atoms with E-state index in [0.717, 1.165) is 0 Å². The number of halogens is 3. The number of benzene rings is 1. The van der Waals surface area contributed by atoms with E-state index in [-0.39, 0.29) is 11.7 Å². The quantitative estimate of drug-likeness (QED) is 0.843. The zero-order chi connectivity index (χ0) is 12.4. The lowest BCUT2D eigenvalue weighted by Gasteiger charge is -2.07. The molecule has 0 saturated heterocycles. The van der Waals surface area contributed by atoms with Gasteiger partial charge in [0.1, 0.15) is 5.82 Å². The number of aromatic nitrogens is 2. The van der Waals surface area contributed by atoms with E-state index in [1.54, 1.807) is 0 Å². The Morgan fingerprint density at radius 2 is 2.12 bits per heavy atom. The molecule has 1 aromatic carbocycles. The van der Waals surface area contributed by atoms with Gasteiger partial charge in [0.15, 0.2) is 5.15 Å². The van der Waals surface area contributed by atoms with Crippen LogP contribution in [0.25, 0.3) is 0 Å². The Hall–Kier alpha value is -1.39. The maximum Gasteiger partial charge on any atom is 0.288 e. The van der Waals surface area contributed by atoms with Gasteiger partial charge in [-0.2, -0.15) is 0 Å². The van der Waals surface area contributed by atoms with Crippen molar-refractivity contribution in [1.82, 2.24) is 9.55 Å². The van der Waals surface area contributed by atoms with Gasteiger partial charge in [0.05, 0.1) is 6.54 Å². The van der Waals surface area contributed by atoms with E-state index in [4.69, 9.17) is 23.2 Å². The highest BCUT2D eigenvalue weighted by Crippen LogP contribution is 2.17. The maximum atomic E-state index is 13.0. The van der Waals surface area contributed by atoms with E-state index in [1.807, 2.05) is 0 Å². The van der Waals surface area contributed by atoms with E-state index in [2.05, 4.69) is 4.98 Å². The second-order valence-electron chi connectivity index (χ2n) is 3.39. The van der Waals surface area contributed by atoms with Crippen LogP contribution in [0.2, 0.25) is 10.2 Å². The van der Waals surface area contributed by atoms with Crippen LogP contribution in [-0.2, 0) is 6.54 Å².